The summed E-state index contributed by atoms with van der Waals surface area (Å²) in [6, 6.07) is 16.7. The number of hydrogen-bond donors (Lipinski definition) is 3. The number of nitrogens with two attached hydrogens (primary N) is 1. The highest BCUT2D eigenvalue weighted by Crippen LogP contribution is 2.31. The maximum absolute atomic E-state index is 13.6. The highest BCUT2D eigenvalue weighted by Gasteiger charge is 2.34. The second-order valence-corrected chi connectivity index (χ2v) is 11.4. The minimum absolute atomic E-state index is 0. The molecule has 38 heavy (non-hydrogen) atoms. The van der Waals surface area contributed by atoms with Crippen molar-refractivity contribution >= 4 is 38.3 Å². The molecule has 4 rings (SSSR count). The Morgan fingerprint density at radius 1 is 1.05 bits per heavy atom. The standard InChI is InChI=1S/C28H34N4O4S.CH4/c1-4-20-17-32(28(34)19(3)29)16-15-24(20)31-37(35,36)26-14-13-25(22-11-7-8-12-23(22)26)30-27(33)21-10-6-5-9-18(21)2;/h5-14,19-20,24,31H,4,15-17,29H2,1-3H3,(H,30,33);1H4/t19-,20+,24+;/m0./s1. The third-order valence-corrected chi connectivity index (χ3v) is 8.63. The van der Waals surface area contributed by atoms with Crippen molar-refractivity contribution in [2.75, 3.05) is 18.4 Å². The normalized spacial score (nSPS) is 18.5. The van der Waals surface area contributed by atoms with Crippen molar-refractivity contribution in [2.45, 2.75) is 58.0 Å². The SMILES string of the molecule is C.CC[C@@H]1CN(C(=O)[C@H](C)N)CC[C@H]1NS(=O)(=O)c1ccc(NC(=O)c2ccccc2C)c2ccccc12. The fourth-order valence-corrected chi connectivity index (χ4v) is 6.53. The van der Waals surface area contributed by atoms with Crippen LogP contribution in [0.4, 0.5) is 5.69 Å². The first kappa shape index (κ1) is 29.3. The Labute approximate surface area is 225 Å². The van der Waals surface area contributed by atoms with E-state index in [0.29, 0.717) is 41.5 Å². The van der Waals surface area contributed by atoms with E-state index in [1.54, 1.807) is 42.2 Å². The zero-order valence-corrected chi connectivity index (χ0v) is 22.2. The Morgan fingerprint density at radius 3 is 2.37 bits per heavy atom. The number of anilines is 1. The molecule has 3 aromatic carbocycles. The van der Waals surface area contributed by atoms with E-state index in [0.717, 1.165) is 12.0 Å². The van der Waals surface area contributed by atoms with Crippen LogP contribution in [-0.2, 0) is 14.8 Å². The van der Waals surface area contributed by atoms with Crippen LogP contribution in [0.15, 0.2) is 65.6 Å². The molecule has 3 atom stereocenters. The van der Waals surface area contributed by atoms with Crippen LogP contribution in [0.3, 0.4) is 0 Å². The molecule has 1 fully saturated rings. The van der Waals surface area contributed by atoms with E-state index in [2.05, 4.69) is 10.0 Å². The smallest absolute Gasteiger partial charge is 0.255 e. The molecule has 0 saturated carbocycles. The number of hydrogen-bond acceptors (Lipinski definition) is 5. The van der Waals surface area contributed by atoms with Gasteiger partial charge in [-0.1, -0.05) is 63.2 Å². The van der Waals surface area contributed by atoms with E-state index < -0.39 is 16.1 Å². The molecule has 8 nitrogen and oxygen atoms in total. The van der Waals surface area contributed by atoms with Gasteiger partial charge in [0.25, 0.3) is 5.91 Å². The van der Waals surface area contributed by atoms with Gasteiger partial charge in [0.15, 0.2) is 0 Å². The Morgan fingerprint density at radius 2 is 1.71 bits per heavy atom. The Bertz CT molecular complexity index is 1420. The van der Waals surface area contributed by atoms with E-state index in [9.17, 15) is 18.0 Å². The lowest BCUT2D eigenvalue weighted by molar-refractivity contribution is -0.134. The third-order valence-electron chi connectivity index (χ3n) is 7.08. The number of fused-ring (bicyclic) bond motifs is 1. The number of carbonyl (C=O) groups is 2. The molecule has 0 aliphatic carbocycles. The van der Waals surface area contributed by atoms with Crippen molar-refractivity contribution in [3.05, 3.63) is 71.8 Å². The summed E-state index contributed by atoms with van der Waals surface area (Å²) in [5, 5.41) is 4.10. The number of carbonyl (C=O) groups excluding carboxylic acids is 2. The minimum atomic E-state index is -3.88. The fraction of sp³-hybridized carbons (Fsp3) is 0.379. The lowest BCUT2D eigenvalue weighted by atomic mass is 9.90. The summed E-state index contributed by atoms with van der Waals surface area (Å²) < 4.78 is 30.1. The van der Waals surface area contributed by atoms with Gasteiger partial charge < -0.3 is 16.0 Å². The van der Waals surface area contributed by atoms with Gasteiger partial charge in [0.1, 0.15) is 0 Å². The molecule has 3 aromatic rings. The highest BCUT2D eigenvalue weighted by atomic mass is 32.2. The number of aryl methyl sites for hydroxylation is 1. The van der Waals surface area contributed by atoms with Crippen molar-refractivity contribution < 1.29 is 18.0 Å². The van der Waals surface area contributed by atoms with Crippen LogP contribution in [0.25, 0.3) is 10.8 Å². The predicted molar refractivity (Wildman–Crippen MR) is 153 cm³/mol. The summed E-state index contributed by atoms with van der Waals surface area (Å²) in [6.07, 6.45) is 1.24. The zero-order valence-electron chi connectivity index (χ0n) is 21.4. The molecule has 1 aliphatic heterocycles. The summed E-state index contributed by atoms with van der Waals surface area (Å²) in [5.41, 5.74) is 7.72. The molecule has 0 unspecified atom stereocenters. The number of benzene rings is 3. The van der Waals surface area contributed by atoms with Gasteiger partial charge in [-0.15, -0.1) is 0 Å². The van der Waals surface area contributed by atoms with E-state index >= 15 is 0 Å². The number of nitrogens with zero attached hydrogens (tertiary/aromatic N) is 1. The number of nitrogens with one attached hydrogen (secondary N) is 2. The van der Waals surface area contributed by atoms with Crippen molar-refractivity contribution in [3.8, 4) is 0 Å². The second-order valence-electron chi connectivity index (χ2n) is 9.68. The van der Waals surface area contributed by atoms with Crippen LogP contribution >= 0.6 is 0 Å². The molecule has 0 aromatic heterocycles. The summed E-state index contributed by atoms with van der Waals surface area (Å²) >= 11 is 0. The Hall–Kier alpha value is -3.27. The second kappa shape index (κ2) is 12.1. The maximum atomic E-state index is 13.6. The molecule has 2 amide bonds. The van der Waals surface area contributed by atoms with Crippen LogP contribution in [0.2, 0.25) is 0 Å². The monoisotopic (exact) mass is 538 g/mol. The molecular weight excluding hydrogens is 500 g/mol. The average molecular weight is 539 g/mol. The number of amides is 2. The summed E-state index contributed by atoms with van der Waals surface area (Å²) in [6.45, 7) is 6.45. The van der Waals surface area contributed by atoms with Gasteiger partial charge in [0, 0.05) is 41.2 Å². The van der Waals surface area contributed by atoms with Gasteiger partial charge in [-0.25, -0.2) is 13.1 Å². The van der Waals surface area contributed by atoms with Gasteiger partial charge >= 0.3 is 0 Å². The molecule has 1 aliphatic rings. The minimum Gasteiger partial charge on any atom is -0.341 e. The Balaban J connectivity index is 0.00000400. The first-order chi connectivity index (χ1) is 17.6. The van der Waals surface area contributed by atoms with Crippen molar-refractivity contribution in [2.24, 2.45) is 11.7 Å². The predicted octanol–water partition coefficient (Wildman–Crippen LogP) is 4.29. The summed E-state index contributed by atoms with van der Waals surface area (Å²) in [5.74, 6) is -0.393. The first-order valence-corrected chi connectivity index (χ1v) is 14.1. The van der Waals surface area contributed by atoms with Gasteiger partial charge in [0.05, 0.1) is 10.9 Å². The van der Waals surface area contributed by atoms with E-state index in [-0.39, 0.29) is 36.1 Å². The topological polar surface area (TPSA) is 122 Å². The third kappa shape index (κ3) is 6.06. The quantitative estimate of drug-likeness (QED) is 0.414. The van der Waals surface area contributed by atoms with Crippen molar-refractivity contribution in [3.63, 3.8) is 0 Å². The van der Waals surface area contributed by atoms with Crippen LogP contribution in [0.1, 0.15) is 50.0 Å². The number of rotatable bonds is 7. The molecule has 1 saturated heterocycles. The molecule has 1 heterocycles. The highest BCUT2D eigenvalue weighted by molar-refractivity contribution is 7.89. The summed E-state index contributed by atoms with van der Waals surface area (Å²) in [7, 11) is -3.88. The number of piperidine rings is 1. The molecular formula is C29H38N4O4S. The van der Waals surface area contributed by atoms with Crippen LogP contribution in [0, 0.1) is 12.8 Å². The van der Waals surface area contributed by atoms with Gasteiger partial charge in [-0.05, 0) is 49.9 Å². The van der Waals surface area contributed by atoms with Crippen LogP contribution in [0.5, 0.6) is 0 Å². The van der Waals surface area contributed by atoms with Crippen molar-refractivity contribution in [1.29, 1.82) is 0 Å². The van der Waals surface area contributed by atoms with E-state index in [4.69, 9.17) is 5.73 Å². The molecule has 9 heteroatoms. The average Bonchev–Trinajstić information content (AvgIpc) is 2.88. The van der Waals surface area contributed by atoms with E-state index in [1.807, 2.05) is 38.1 Å². The zero-order chi connectivity index (χ0) is 26.7. The molecule has 0 spiro atoms. The van der Waals surface area contributed by atoms with Crippen LogP contribution in [-0.4, -0.2) is 50.3 Å². The molecule has 4 N–H and O–H groups in total. The molecule has 0 bridgehead atoms. The summed E-state index contributed by atoms with van der Waals surface area (Å²) in [4.78, 5) is 27.2. The maximum Gasteiger partial charge on any atom is 0.255 e. The lowest BCUT2D eigenvalue weighted by Crippen LogP contribution is -2.54. The van der Waals surface area contributed by atoms with Gasteiger partial charge in [-0.3, -0.25) is 9.59 Å². The largest absolute Gasteiger partial charge is 0.341 e. The van der Waals surface area contributed by atoms with Crippen molar-refractivity contribution in [1.82, 2.24) is 9.62 Å². The van der Waals surface area contributed by atoms with Gasteiger partial charge in [0.2, 0.25) is 15.9 Å². The Kier molecular flexibility index (Phi) is 9.30. The fourth-order valence-electron chi connectivity index (χ4n) is 4.98. The number of likely N-dealkylation sites (tertiary alicyclic amines) is 1. The van der Waals surface area contributed by atoms with Crippen LogP contribution < -0.4 is 15.8 Å². The van der Waals surface area contributed by atoms with E-state index in [1.165, 1.54) is 6.07 Å². The van der Waals surface area contributed by atoms with Gasteiger partial charge in [-0.2, -0.15) is 0 Å². The molecule has 0 radical (unpaired) electrons. The number of sulfonamides is 1. The lowest BCUT2D eigenvalue weighted by Gasteiger charge is -2.39. The molecule has 204 valence electrons. The first-order valence-electron chi connectivity index (χ1n) is 12.6.